The van der Waals surface area contributed by atoms with Crippen LogP contribution in [0.5, 0.6) is 0 Å². The van der Waals surface area contributed by atoms with E-state index in [0.29, 0.717) is 16.8 Å². The van der Waals surface area contributed by atoms with Crippen molar-refractivity contribution in [1.82, 2.24) is 0 Å². The Morgan fingerprint density at radius 1 is 0.903 bits per heavy atom. The lowest BCUT2D eigenvalue weighted by Gasteiger charge is -2.26. The molecule has 0 spiro atoms. The molecule has 0 radical (unpaired) electrons. The minimum absolute atomic E-state index is 0.102. The van der Waals surface area contributed by atoms with E-state index in [4.69, 9.17) is 0 Å². The fourth-order valence-corrected chi connectivity index (χ4v) is 3.84. The zero-order chi connectivity index (χ0) is 22.3. The van der Waals surface area contributed by atoms with E-state index in [2.05, 4.69) is 0 Å². The Hall–Kier alpha value is -3.80. The zero-order valence-corrected chi connectivity index (χ0v) is 16.9. The Labute approximate surface area is 178 Å². The number of ketones is 1. The first-order valence-corrected chi connectivity index (χ1v) is 9.68. The highest BCUT2D eigenvalue weighted by Crippen LogP contribution is 2.43. The monoisotopic (exact) mass is 419 g/mol. The molecule has 6 heteroatoms. The van der Waals surface area contributed by atoms with Crippen LogP contribution in [0.3, 0.4) is 0 Å². The zero-order valence-electron chi connectivity index (χ0n) is 16.9. The van der Waals surface area contributed by atoms with Crippen molar-refractivity contribution in [2.75, 3.05) is 4.90 Å². The summed E-state index contributed by atoms with van der Waals surface area (Å²) in [5.74, 6) is -3.01. The fourth-order valence-electron chi connectivity index (χ4n) is 3.84. The minimum atomic E-state index is -0.919. The van der Waals surface area contributed by atoms with Crippen LogP contribution in [-0.2, 0) is 9.59 Å². The van der Waals surface area contributed by atoms with Gasteiger partial charge in [0.25, 0.3) is 11.7 Å². The molecule has 0 saturated carbocycles. The van der Waals surface area contributed by atoms with Crippen molar-refractivity contribution < 1.29 is 23.5 Å². The summed E-state index contributed by atoms with van der Waals surface area (Å²) in [6, 6.07) is 15.5. The average Bonchev–Trinajstić information content (AvgIpc) is 3.01. The number of nitrogens with zero attached hydrogens (tertiary/aromatic N) is 1. The molecule has 0 bridgehead atoms. The number of benzene rings is 3. The second kappa shape index (κ2) is 7.80. The maximum atomic E-state index is 13.7. The summed E-state index contributed by atoms with van der Waals surface area (Å²) in [7, 11) is 0. The van der Waals surface area contributed by atoms with Crippen LogP contribution in [0.4, 0.5) is 14.5 Å². The molecule has 31 heavy (non-hydrogen) atoms. The Bertz CT molecular complexity index is 1230. The van der Waals surface area contributed by atoms with E-state index < -0.39 is 29.4 Å². The molecule has 1 heterocycles. The topological polar surface area (TPSA) is 57.6 Å². The molecule has 156 valence electrons. The highest BCUT2D eigenvalue weighted by molar-refractivity contribution is 6.51. The van der Waals surface area contributed by atoms with Crippen molar-refractivity contribution in [3.63, 3.8) is 0 Å². The summed E-state index contributed by atoms with van der Waals surface area (Å²) < 4.78 is 27.2. The number of Topliss-reactive ketones (excluding diaryl/α,β-unsaturated/α-hetero) is 1. The Morgan fingerprint density at radius 3 is 2.23 bits per heavy atom. The van der Waals surface area contributed by atoms with Crippen LogP contribution < -0.4 is 4.90 Å². The number of carbonyl (C=O) groups is 2. The van der Waals surface area contributed by atoms with E-state index in [1.807, 2.05) is 19.1 Å². The molecular formula is C25H19F2NO3. The number of carbonyl (C=O) groups excluding carboxylic acids is 2. The third kappa shape index (κ3) is 3.50. The van der Waals surface area contributed by atoms with E-state index in [1.165, 1.54) is 47.4 Å². The normalized spacial score (nSPS) is 17.9. The molecule has 1 aliphatic rings. The molecule has 3 aromatic rings. The van der Waals surface area contributed by atoms with Gasteiger partial charge in [-0.2, -0.15) is 0 Å². The SMILES string of the molecule is Cc1cc(/C(O)=C2\C(=O)C(=O)N(c3ccc(F)cc3)C2c2ccccc2C)ccc1F. The van der Waals surface area contributed by atoms with Crippen LogP contribution in [0, 0.1) is 25.5 Å². The molecule has 1 unspecified atom stereocenters. The van der Waals surface area contributed by atoms with Gasteiger partial charge < -0.3 is 5.11 Å². The summed E-state index contributed by atoms with van der Waals surface area (Å²) in [6.45, 7) is 3.38. The van der Waals surface area contributed by atoms with E-state index in [-0.39, 0.29) is 16.9 Å². The van der Waals surface area contributed by atoms with Gasteiger partial charge >= 0.3 is 0 Å². The smallest absolute Gasteiger partial charge is 0.300 e. The number of amides is 1. The predicted octanol–water partition coefficient (Wildman–Crippen LogP) is 5.21. The summed E-state index contributed by atoms with van der Waals surface area (Å²) in [4.78, 5) is 27.3. The van der Waals surface area contributed by atoms with Crippen LogP contribution >= 0.6 is 0 Å². The second-order valence-corrected chi connectivity index (χ2v) is 7.47. The van der Waals surface area contributed by atoms with Crippen LogP contribution in [0.2, 0.25) is 0 Å². The first-order valence-electron chi connectivity index (χ1n) is 9.68. The van der Waals surface area contributed by atoms with Gasteiger partial charge in [-0.1, -0.05) is 24.3 Å². The Morgan fingerprint density at radius 2 is 1.58 bits per heavy atom. The average molecular weight is 419 g/mol. The maximum absolute atomic E-state index is 13.7. The summed E-state index contributed by atoms with van der Waals surface area (Å²) >= 11 is 0. The number of aryl methyl sites for hydroxylation is 2. The molecule has 4 rings (SSSR count). The molecule has 1 atom stereocenters. The first-order chi connectivity index (χ1) is 14.8. The molecule has 1 fully saturated rings. The lowest BCUT2D eigenvalue weighted by atomic mass is 9.92. The third-order valence-corrected chi connectivity index (χ3v) is 5.46. The van der Waals surface area contributed by atoms with Gasteiger partial charge in [-0.25, -0.2) is 8.78 Å². The summed E-state index contributed by atoms with van der Waals surface area (Å²) in [5.41, 5.74) is 2.20. The molecule has 0 aliphatic carbocycles. The largest absolute Gasteiger partial charge is 0.507 e. The summed E-state index contributed by atoms with van der Waals surface area (Å²) in [5, 5.41) is 11.1. The van der Waals surface area contributed by atoms with Gasteiger partial charge in [-0.05, 0) is 73.0 Å². The van der Waals surface area contributed by atoms with Gasteiger partial charge in [0.1, 0.15) is 17.4 Å². The predicted molar refractivity (Wildman–Crippen MR) is 113 cm³/mol. The number of aliphatic hydroxyl groups is 1. The van der Waals surface area contributed by atoms with Crippen molar-refractivity contribution in [3.8, 4) is 0 Å². The minimum Gasteiger partial charge on any atom is -0.507 e. The van der Waals surface area contributed by atoms with Gasteiger partial charge in [0.15, 0.2) is 0 Å². The lowest BCUT2D eigenvalue weighted by molar-refractivity contribution is -0.132. The highest BCUT2D eigenvalue weighted by atomic mass is 19.1. The van der Waals surface area contributed by atoms with Crippen molar-refractivity contribution in [2.45, 2.75) is 19.9 Å². The van der Waals surface area contributed by atoms with E-state index in [9.17, 15) is 23.5 Å². The standard InChI is InChI=1S/C25H19F2NO3/c1-14-5-3-4-6-19(14)22-21(23(29)16-7-12-20(27)15(2)13-16)24(30)25(31)28(22)18-10-8-17(26)9-11-18/h3-13,22,29H,1-2H3/b23-21+. The lowest BCUT2D eigenvalue weighted by Crippen LogP contribution is -2.29. The molecular weight excluding hydrogens is 400 g/mol. The highest BCUT2D eigenvalue weighted by Gasteiger charge is 2.47. The molecule has 4 nitrogen and oxygen atoms in total. The van der Waals surface area contributed by atoms with Crippen molar-refractivity contribution in [3.05, 3.63) is 106 Å². The van der Waals surface area contributed by atoms with Gasteiger partial charge in [0, 0.05) is 11.3 Å². The molecule has 1 N–H and O–H groups in total. The van der Waals surface area contributed by atoms with Crippen molar-refractivity contribution in [2.24, 2.45) is 0 Å². The molecule has 1 saturated heterocycles. The number of halogens is 2. The van der Waals surface area contributed by atoms with Gasteiger partial charge in [-0.15, -0.1) is 0 Å². The van der Waals surface area contributed by atoms with E-state index in [0.717, 1.165) is 5.56 Å². The van der Waals surface area contributed by atoms with Crippen molar-refractivity contribution >= 4 is 23.1 Å². The number of rotatable bonds is 3. The summed E-state index contributed by atoms with van der Waals surface area (Å²) in [6.07, 6.45) is 0. The quantitative estimate of drug-likeness (QED) is 0.360. The van der Waals surface area contributed by atoms with Crippen LogP contribution in [0.1, 0.15) is 28.3 Å². The molecule has 0 aromatic heterocycles. The molecule has 3 aromatic carbocycles. The Balaban J connectivity index is 1.97. The number of hydrogen-bond donors (Lipinski definition) is 1. The van der Waals surface area contributed by atoms with Crippen LogP contribution in [0.25, 0.3) is 5.76 Å². The van der Waals surface area contributed by atoms with Crippen LogP contribution in [0.15, 0.2) is 72.3 Å². The molecule has 1 aliphatic heterocycles. The van der Waals surface area contributed by atoms with Gasteiger partial charge in [-0.3, -0.25) is 14.5 Å². The number of aliphatic hydroxyl groups excluding tert-OH is 1. The van der Waals surface area contributed by atoms with E-state index >= 15 is 0 Å². The second-order valence-electron chi connectivity index (χ2n) is 7.47. The maximum Gasteiger partial charge on any atom is 0.300 e. The van der Waals surface area contributed by atoms with Crippen molar-refractivity contribution in [1.29, 1.82) is 0 Å². The van der Waals surface area contributed by atoms with Crippen LogP contribution in [-0.4, -0.2) is 16.8 Å². The first kappa shape index (κ1) is 20.5. The number of anilines is 1. The van der Waals surface area contributed by atoms with Gasteiger partial charge in [0.05, 0.1) is 11.6 Å². The molecule has 1 amide bonds. The van der Waals surface area contributed by atoms with E-state index in [1.54, 1.807) is 19.1 Å². The Kier molecular flexibility index (Phi) is 5.15. The fraction of sp³-hybridized carbons (Fsp3) is 0.120. The number of hydrogen-bond acceptors (Lipinski definition) is 3. The third-order valence-electron chi connectivity index (χ3n) is 5.46. The van der Waals surface area contributed by atoms with Gasteiger partial charge in [0.2, 0.25) is 0 Å².